The minimum absolute atomic E-state index is 0. The predicted octanol–water partition coefficient (Wildman–Crippen LogP) is 3.04. The van der Waals surface area contributed by atoms with Gasteiger partial charge < -0.3 is 10.1 Å². The molecule has 0 spiro atoms. The monoisotopic (exact) mass is 271 g/mol. The number of esters is 1. The van der Waals surface area contributed by atoms with E-state index in [1.54, 1.807) is 12.1 Å². The molecule has 0 saturated carbocycles. The van der Waals surface area contributed by atoms with Gasteiger partial charge in [0.15, 0.2) is 0 Å². The van der Waals surface area contributed by atoms with Crippen LogP contribution in [0, 0.1) is 0 Å². The molecule has 1 aromatic carbocycles. The van der Waals surface area contributed by atoms with Crippen LogP contribution in [0.2, 0.25) is 0 Å². The molecule has 0 saturated heterocycles. The number of rotatable bonds is 7. The van der Waals surface area contributed by atoms with Crippen LogP contribution in [0.5, 0.6) is 0 Å². The van der Waals surface area contributed by atoms with Crippen LogP contribution in [-0.2, 0) is 4.74 Å². The van der Waals surface area contributed by atoms with E-state index in [-0.39, 0.29) is 18.4 Å². The van der Waals surface area contributed by atoms with Gasteiger partial charge in [0.05, 0.1) is 5.56 Å². The zero-order valence-corrected chi connectivity index (χ0v) is 11.8. The third kappa shape index (κ3) is 6.03. The van der Waals surface area contributed by atoms with E-state index in [1.165, 1.54) is 0 Å². The maximum atomic E-state index is 11.6. The first-order chi connectivity index (χ1) is 8.27. The molecule has 0 fully saturated rings. The molecule has 102 valence electrons. The van der Waals surface area contributed by atoms with Crippen LogP contribution >= 0.6 is 12.4 Å². The van der Waals surface area contributed by atoms with Crippen LogP contribution in [0.4, 0.5) is 0 Å². The fraction of sp³-hybridized carbons (Fsp3) is 0.500. The van der Waals surface area contributed by atoms with Crippen molar-refractivity contribution in [1.29, 1.82) is 0 Å². The van der Waals surface area contributed by atoms with Gasteiger partial charge in [-0.05, 0) is 25.0 Å². The van der Waals surface area contributed by atoms with Crippen molar-refractivity contribution in [3.8, 4) is 0 Å². The van der Waals surface area contributed by atoms with Gasteiger partial charge in [0.25, 0.3) is 0 Å². The Hall–Kier alpha value is -1.06. The van der Waals surface area contributed by atoms with Crippen molar-refractivity contribution >= 4 is 18.4 Å². The second-order valence-electron chi connectivity index (χ2n) is 3.97. The normalized spacial score (nSPS) is 9.94. The van der Waals surface area contributed by atoms with Crippen LogP contribution in [-0.4, -0.2) is 25.2 Å². The van der Waals surface area contributed by atoms with E-state index in [0.717, 1.165) is 12.8 Å². The average Bonchev–Trinajstić information content (AvgIpc) is 2.40. The van der Waals surface area contributed by atoms with E-state index in [9.17, 15) is 4.79 Å². The van der Waals surface area contributed by atoms with Gasteiger partial charge >= 0.3 is 5.97 Å². The van der Waals surface area contributed by atoms with E-state index < -0.39 is 0 Å². The third-order valence-corrected chi connectivity index (χ3v) is 2.76. The fourth-order valence-electron chi connectivity index (χ4n) is 1.64. The summed E-state index contributed by atoms with van der Waals surface area (Å²) < 4.78 is 5.17. The summed E-state index contributed by atoms with van der Waals surface area (Å²) in [5, 5.41) is 3.35. The molecule has 1 N–H and O–H groups in total. The Morgan fingerprint density at radius 2 is 1.83 bits per heavy atom. The first-order valence-electron chi connectivity index (χ1n) is 6.23. The van der Waals surface area contributed by atoms with Gasteiger partial charge in [0, 0.05) is 12.6 Å². The van der Waals surface area contributed by atoms with Gasteiger partial charge in [0.1, 0.15) is 6.61 Å². The molecular weight excluding hydrogens is 250 g/mol. The van der Waals surface area contributed by atoms with E-state index in [0.29, 0.717) is 24.8 Å². The van der Waals surface area contributed by atoms with Crippen molar-refractivity contribution in [3.63, 3.8) is 0 Å². The Morgan fingerprint density at radius 3 is 2.39 bits per heavy atom. The molecule has 0 atom stereocenters. The van der Waals surface area contributed by atoms with E-state index in [4.69, 9.17) is 4.74 Å². The molecule has 1 rings (SSSR count). The zero-order valence-electron chi connectivity index (χ0n) is 11.0. The van der Waals surface area contributed by atoms with Crippen molar-refractivity contribution in [2.45, 2.75) is 32.7 Å². The molecule has 18 heavy (non-hydrogen) atoms. The molecule has 0 amide bonds. The van der Waals surface area contributed by atoms with Crippen LogP contribution in [0.15, 0.2) is 30.3 Å². The topological polar surface area (TPSA) is 38.3 Å². The Balaban J connectivity index is 0.00000289. The lowest BCUT2D eigenvalue weighted by atomic mass is 10.2. The molecule has 0 aliphatic carbocycles. The molecule has 0 heterocycles. The highest BCUT2D eigenvalue weighted by atomic mass is 35.5. The van der Waals surface area contributed by atoms with Crippen LogP contribution in [0.1, 0.15) is 37.0 Å². The number of nitrogens with one attached hydrogen (secondary N) is 1. The summed E-state index contributed by atoms with van der Waals surface area (Å²) in [6, 6.07) is 9.59. The SMILES string of the molecule is CCC(CC)NCCOC(=O)c1ccccc1.Cl. The van der Waals surface area contributed by atoms with Crippen LogP contribution in [0.3, 0.4) is 0 Å². The van der Waals surface area contributed by atoms with Crippen LogP contribution < -0.4 is 5.32 Å². The summed E-state index contributed by atoms with van der Waals surface area (Å²) in [5.74, 6) is -0.253. The molecule has 0 aromatic heterocycles. The maximum Gasteiger partial charge on any atom is 0.338 e. The van der Waals surface area contributed by atoms with Crippen molar-refractivity contribution < 1.29 is 9.53 Å². The molecule has 0 radical (unpaired) electrons. The number of carbonyl (C=O) groups excluding carboxylic acids is 1. The standard InChI is InChI=1S/C14H21NO2.ClH/c1-3-13(4-2)15-10-11-17-14(16)12-8-6-5-7-9-12;/h5-9,13,15H,3-4,10-11H2,1-2H3;1H. The molecule has 0 aliphatic rings. The Bertz CT molecular complexity index is 326. The van der Waals surface area contributed by atoms with Crippen molar-refractivity contribution in [3.05, 3.63) is 35.9 Å². The van der Waals surface area contributed by atoms with Gasteiger partial charge in [-0.2, -0.15) is 0 Å². The highest BCUT2D eigenvalue weighted by Crippen LogP contribution is 2.00. The summed E-state index contributed by atoms with van der Waals surface area (Å²) in [7, 11) is 0. The number of hydrogen-bond donors (Lipinski definition) is 1. The first-order valence-corrected chi connectivity index (χ1v) is 6.23. The van der Waals surface area contributed by atoms with E-state index in [1.807, 2.05) is 18.2 Å². The lowest BCUT2D eigenvalue weighted by Gasteiger charge is -2.14. The predicted molar refractivity (Wildman–Crippen MR) is 76.3 cm³/mol. The van der Waals surface area contributed by atoms with Gasteiger partial charge in [-0.25, -0.2) is 4.79 Å². The fourth-order valence-corrected chi connectivity index (χ4v) is 1.64. The largest absolute Gasteiger partial charge is 0.461 e. The summed E-state index contributed by atoms with van der Waals surface area (Å²) in [4.78, 5) is 11.6. The number of benzene rings is 1. The Kier molecular flexibility index (Phi) is 9.33. The Morgan fingerprint density at radius 1 is 1.22 bits per heavy atom. The second-order valence-corrected chi connectivity index (χ2v) is 3.97. The van der Waals surface area contributed by atoms with Crippen molar-refractivity contribution in [2.24, 2.45) is 0 Å². The molecule has 4 heteroatoms. The van der Waals surface area contributed by atoms with Gasteiger partial charge in [-0.15, -0.1) is 12.4 Å². The lowest BCUT2D eigenvalue weighted by molar-refractivity contribution is 0.0505. The third-order valence-electron chi connectivity index (χ3n) is 2.76. The van der Waals surface area contributed by atoms with Crippen molar-refractivity contribution in [2.75, 3.05) is 13.2 Å². The molecule has 1 aromatic rings. The zero-order chi connectivity index (χ0) is 12.5. The second kappa shape index (κ2) is 9.92. The van der Waals surface area contributed by atoms with E-state index in [2.05, 4.69) is 19.2 Å². The van der Waals surface area contributed by atoms with Crippen molar-refractivity contribution in [1.82, 2.24) is 5.32 Å². The summed E-state index contributed by atoms with van der Waals surface area (Å²) >= 11 is 0. The maximum absolute atomic E-state index is 11.6. The quantitative estimate of drug-likeness (QED) is 0.612. The number of halogens is 1. The first kappa shape index (κ1) is 16.9. The molecular formula is C14H22ClNO2. The highest BCUT2D eigenvalue weighted by molar-refractivity contribution is 5.89. The number of ether oxygens (including phenoxy) is 1. The minimum atomic E-state index is -0.253. The Labute approximate surface area is 115 Å². The summed E-state index contributed by atoms with van der Waals surface area (Å²) in [6.45, 7) is 5.43. The molecule has 0 bridgehead atoms. The number of hydrogen-bond acceptors (Lipinski definition) is 3. The molecule has 3 nitrogen and oxygen atoms in total. The number of carbonyl (C=O) groups is 1. The molecule has 0 unspecified atom stereocenters. The van der Waals surface area contributed by atoms with Gasteiger partial charge in [-0.1, -0.05) is 32.0 Å². The van der Waals surface area contributed by atoms with Crippen LogP contribution in [0.25, 0.3) is 0 Å². The minimum Gasteiger partial charge on any atom is -0.461 e. The van der Waals surface area contributed by atoms with Gasteiger partial charge in [-0.3, -0.25) is 0 Å². The lowest BCUT2D eigenvalue weighted by Crippen LogP contribution is -2.31. The average molecular weight is 272 g/mol. The highest BCUT2D eigenvalue weighted by Gasteiger charge is 2.06. The molecule has 0 aliphatic heterocycles. The smallest absolute Gasteiger partial charge is 0.338 e. The van der Waals surface area contributed by atoms with E-state index >= 15 is 0 Å². The van der Waals surface area contributed by atoms with Gasteiger partial charge in [0.2, 0.25) is 0 Å². The summed E-state index contributed by atoms with van der Waals surface area (Å²) in [6.07, 6.45) is 2.20. The summed E-state index contributed by atoms with van der Waals surface area (Å²) in [5.41, 5.74) is 0.607.